The van der Waals surface area contributed by atoms with Crippen LogP contribution in [-0.2, 0) is 0 Å². The predicted molar refractivity (Wildman–Crippen MR) is 87.2 cm³/mol. The summed E-state index contributed by atoms with van der Waals surface area (Å²) in [4.78, 5) is 2.78. The smallest absolute Gasteiger partial charge is 0.162 e. The van der Waals surface area contributed by atoms with Gasteiger partial charge in [-0.2, -0.15) is 5.10 Å². The van der Waals surface area contributed by atoms with Gasteiger partial charge in [-0.3, -0.25) is 0 Å². The minimum absolute atomic E-state index is 0.422. The van der Waals surface area contributed by atoms with Crippen molar-refractivity contribution in [3.8, 4) is 0 Å². The fourth-order valence-electron chi connectivity index (χ4n) is 2.34. The molecule has 5 heteroatoms. The van der Waals surface area contributed by atoms with E-state index in [2.05, 4.69) is 28.9 Å². The Morgan fingerprint density at radius 3 is 2.50 bits per heavy atom. The molecule has 1 aliphatic rings. The molecule has 2 rings (SSSR count). The van der Waals surface area contributed by atoms with Crippen molar-refractivity contribution in [3.63, 3.8) is 0 Å². The Kier molecular flexibility index (Phi) is 4.58. The van der Waals surface area contributed by atoms with E-state index in [0.29, 0.717) is 16.9 Å². The van der Waals surface area contributed by atoms with Crippen LogP contribution in [0.3, 0.4) is 0 Å². The zero-order valence-electron chi connectivity index (χ0n) is 12.8. The van der Waals surface area contributed by atoms with Crippen molar-refractivity contribution in [2.45, 2.75) is 53.0 Å². The number of nitrogens with zero attached hydrogens (tertiary/aromatic N) is 3. The van der Waals surface area contributed by atoms with Crippen molar-refractivity contribution in [2.75, 3.05) is 11.4 Å². The second-order valence-electron chi connectivity index (χ2n) is 6.08. The van der Waals surface area contributed by atoms with E-state index in [9.17, 15) is 0 Å². The van der Waals surface area contributed by atoms with E-state index in [4.69, 9.17) is 18.0 Å². The van der Waals surface area contributed by atoms with Gasteiger partial charge in [-0.15, -0.1) is 5.10 Å². The fourth-order valence-corrected chi connectivity index (χ4v) is 2.58. The van der Waals surface area contributed by atoms with Gasteiger partial charge in [0, 0.05) is 12.6 Å². The van der Waals surface area contributed by atoms with Gasteiger partial charge >= 0.3 is 0 Å². The highest BCUT2D eigenvalue weighted by Crippen LogP contribution is 2.33. The van der Waals surface area contributed by atoms with Crippen LogP contribution in [0, 0.1) is 19.8 Å². The first-order valence-corrected chi connectivity index (χ1v) is 7.73. The molecule has 1 heterocycles. The van der Waals surface area contributed by atoms with Crippen LogP contribution in [0.4, 0.5) is 5.82 Å². The van der Waals surface area contributed by atoms with Gasteiger partial charge < -0.3 is 10.6 Å². The van der Waals surface area contributed by atoms with Crippen LogP contribution >= 0.6 is 12.2 Å². The van der Waals surface area contributed by atoms with E-state index in [1.807, 2.05) is 13.8 Å². The topological polar surface area (TPSA) is 55.0 Å². The molecule has 1 saturated carbocycles. The summed E-state index contributed by atoms with van der Waals surface area (Å²) in [6.07, 6.45) is 3.59. The summed E-state index contributed by atoms with van der Waals surface area (Å²) in [7, 11) is 0. The molecule has 0 bridgehead atoms. The van der Waals surface area contributed by atoms with Crippen LogP contribution in [0.15, 0.2) is 0 Å². The molecule has 4 nitrogen and oxygen atoms in total. The van der Waals surface area contributed by atoms with Crippen molar-refractivity contribution in [1.29, 1.82) is 0 Å². The highest BCUT2D eigenvalue weighted by atomic mass is 32.1. The lowest BCUT2D eigenvalue weighted by atomic mass is 10.1. The zero-order chi connectivity index (χ0) is 14.9. The zero-order valence-corrected chi connectivity index (χ0v) is 13.6. The van der Waals surface area contributed by atoms with Gasteiger partial charge in [-0.1, -0.05) is 26.1 Å². The minimum atomic E-state index is 0.422. The highest BCUT2D eigenvalue weighted by Gasteiger charge is 2.32. The van der Waals surface area contributed by atoms with E-state index in [-0.39, 0.29) is 0 Å². The first kappa shape index (κ1) is 15.2. The third-order valence-corrected chi connectivity index (χ3v) is 4.09. The average Bonchev–Trinajstić information content (AvgIpc) is 3.17. The molecular weight excluding hydrogens is 268 g/mol. The van der Waals surface area contributed by atoms with Gasteiger partial charge in [0.1, 0.15) is 4.99 Å². The summed E-state index contributed by atoms with van der Waals surface area (Å²) in [6, 6.07) is 0.582. The number of rotatable bonds is 6. The summed E-state index contributed by atoms with van der Waals surface area (Å²) in [5.41, 5.74) is 8.79. The van der Waals surface area contributed by atoms with E-state index in [1.165, 1.54) is 12.8 Å². The second-order valence-corrected chi connectivity index (χ2v) is 6.52. The van der Waals surface area contributed by atoms with Crippen molar-refractivity contribution in [1.82, 2.24) is 10.2 Å². The highest BCUT2D eigenvalue weighted by molar-refractivity contribution is 7.80. The SMILES string of the molecule is Cc1nnc(N(CCC(C)C)C2CC2)c(C(N)=S)c1C. The van der Waals surface area contributed by atoms with Gasteiger partial charge in [-0.25, -0.2) is 0 Å². The number of aryl methyl sites for hydroxylation is 1. The first-order chi connectivity index (χ1) is 9.41. The number of hydrogen-bond acceptors (Lipinski definition) is 4. The minimum Gasteiger partial charge on any atom is -0.389 e. The Morgan fingerprint density at radius 1 is 1.35 bits per heavy atom. The molecular formula is C15H24N4S. The number of nitrogens with two attached hydrogens (primary N) is 1. The second kappa shape index (κ2) is 6.04. The Hall–Kier alpha value is -1.23. The van der Waals surface area contributed by atoms with Crippen LogP contribution in [-0.4, -0.2) is 27.8 Å². The van der Waals surface area contributed by atoms with Crippen molar-refractivity contribution >= 4 is 23.0 Å². The molecule has 1 aliphatic carbocycles. The molecule has 0 spiro atoms. The monoisotopic (exact) mass is 292 g/mol. The van der Waals surface area contributed by atoms with Gasteiger partial charge in [0.15, 0.2) is 5.82 Å². The molecule has 0 saturated heterocycles. The lowest BCUT2D eigenvalue weighted by Crippen LogP contribution is -2.32. The molecule has 1 fully saturated rings. The maximum absolute atomic E-state index is 5.94. The molecule has 110 valence electrons. The lowest BCUT2D eigenvalue weighted by Gasteiger charge is -2.27. The number of aromatic nitrogens is 2. The van der Waals surface area contributed by atoms with Gasteiger partial charge in [0.2, 0.25) is 0 Å². The number of thiocarbonyl (C=S) groups is 1. The van der Waals surface area contributed by atoms with E-state index < -0.39 is 0 Å². The quantitative estimate of drug-likeness (QED) is 0.817. The first-order valence-electron chi connectivity index (χ1n) is 7.32. The molecule has 20 heavy (non-hydrogen) atoms. The molecule has 2 N–H and O–H groups in total. The standard InChI is InChI=1S/C15H24N4S/c1-9(2)7-8-19(12-5-6-12)15-13(14(16)20)10(3)11(4)17-18-15/h9,12H,5-8H2,1-4H3,(H2,16,20). The molecule has 0 aliphatic heterocycles. The Morgan fingerprint density at radius 2 is 2.00 bits per heavy atom. The molecule has 1 aromatic rings. The summed E-state index contributed by atoms with van der Waals surface area (Å²) in [5.74, 6) is 1.55. The van der Waals surface area contributed by atoms with Crippen LogP contribution in [0.25, 0.3) is 0 Å². The molecule has 0 unspecified atom stereocenters. The number of anilines is 1. The number of hydrogen-bond donors (Lipinski definition) is 1. The maximum Gasteiger partial charge on any atom is 0.162 e. The van der Waals surface area contributed by atoms with E-state index in [0.717, 1.165) is 35.6 Å². The Labute approximate surface area is 126 Å². The normalized spacial score (nSPS) is 14.7. The fraction of sp³-hybridized carbons (Fsp3) is 0.667. The predicted octanol–water partition coefficient (Wildman–Crippen LogP) is 2.74. The van der Waals surface area contributed by atoms with E-state index in [1.54, 1.807) is 0 Å². The van der Waals surface area contributed by atoms with E-state index >= 15 is 0 Å². The van der Waals surface area contributed by atoms with Crippen LogP contribution in [0.2, 0.25) is 0 Å². The summed E-state index contributed by atoms with van der Waals surface area (Å²) in [6.45, 7) is 9.45. The Balaban J connectivity index is 2.37. The molecule has 0 radical (unpaired) electrons. The summed E-state index contributed by atoms with van der Waals surface area (Å²) < 4.78 is 0. The molecule has 0 atom stereocenters. The Bertz CT molecular complexity index is 509. The molecule has 1 aromatic heterocycles. The van der Waals surface area contributed by atoms with Gasteiger partial charge in [0.25, 0.3) is 0 Å². The van der Waals surface area contributed by atoms with Crippen molar-refractivity contribution < 1.29 is 0 Å². The summed E-state index contributed by atoms with van der Waals surface area (Å²) in [5, 5.41) is 8.68. The summed E-state index contributed by atoms with van der Waals surface area (Å²) >= 11 is 5.24. The van der Waals surface area contributed by atoms with Crippen LogP contribution in [0.5, 0.6) is 0 Å². The third kappa shape index (κ3) is 3.26. The maximum atomic E-state index is 5.94. The van der Waals surface area contributed by atoms with Gasteiger partial charge in [-0.05, 0) is 44.6 Å². The average molecular weight is 292 g/mol. The third-order valence-electron chi connectivity index (χ3n) is 3.89. The lowest BCUT2D eigenvalue weighted by molar-refractivity contribution is 0.567. The van der Waals surface area contributed by atoms with Crippen LogP contribution in [0.1, 0.15) is 49.9 Å². The largest absolute Gasteiger partial charge is 0.389 e. The van der Waals surface area contributed by atoms with Gasteiger partial charge in [0.05, 0.1) is 11.3 Å². The van der Waals surface area contributed by atoms with Crippen LogP contribution < -0.4 is 10.6 Å². The molecule has 0 aromatic carbocycles. The molecule has 0 amide bonds. The van der Waals surface area contributed by atoms with Crippen molar-refractivity contribution in [3.05, 3.63) is 16.8 Å². The van der Waals surface area contributed by atoms with Crippen molar-refractivity contribution in [2.24, 2.45) is 11.7 Å².